The van der Waals surface area contributed by atoms with E-state index in [2.05, 4.69) is 21.2 Å². The second kappa shape index (κ2) is 6.66. The Morgan fingerprint density at radius 3 is 2.52 bits per heavy atom. The third-order valence-electron chi connectivity index (χ3n) is 3.19. The van der Waals surface area contributed by atoms with Crippen LogP contribution in [0.4, 0.5) is 5.69 Å². The van der Waals surface area contributed by atoms with Gasteiger partial charge in [0.15, 0.2) is 0 Å². The highest BCUT2D eigenvalue weighted by molar-refractivity contribution is 9.10. The number of nitro benzene ring substituents is 1. The maximum atomic E-state index is 11.9. The van der Waals surface area contributed by atoms with E-state index in [-0.39, 0.29) is 18.5 Å². The van der Waals surface area contributed by atoms with E-state index >= 15 is 0 Å². The van der Waals surface area contributed by atoms with Crippen molar-refractivity contribution < 1.29 is 19.6 Å². The molecule has 21 heavy (non-hydrogen) atoms. The number of nitro groups is 1. The van der Waals surface area contributed by atoms with Crippen LogP contribution in [0.2, 0.25) is 0 Å². The summed E-state index contributed by atoms with van der Waals surface area (Å²) in [6.07, 6.45) is 0.178. The first kappa shape index (κ1) is 17.1. The van der Waals surface area contributed by atoms with Crippen molar-refractivity contribution in [1.82, 2.24) is 5.32 Å². The topological polar surface area (TPSA) is 110 Å². The largest absolute Gasteiger partial charge is 0.480 e. The number of halogens is 1. The van der Waals surface area contributed by atoms with E-state index in [1.807, 2.05) is 0 Å². The van der Waals surface area contributed by atoms with Crippen LogP contribution in [-0.4, -0.2) is 27.4 Å². The number of nitrogens with zero attached hydrogens (tertiary/aromatic N) is 1. The fourth-order valence-electron chi connectivity index (χ4n) is 1.61. The molecular formula is C13H15BrN2O5. The van der Waals surface area contributed by atoms with Gasteiger partial charge in [0.2, 0.25) is 5.91 Å². The van der Waals surface area contributed by atoms with Crippen molar-refractivity contribution in [1.29, 1.82) is 0 Å². The molecule has 1 amide bonds. The summed E-state index contributed by atoms with van der Waals surface area (Å²) in [5.74, 6) is -1.57. The Morgan fingerprint density at radius 1 is 1.48 bits per heavy atom. The third-order valence-corrected chi connectivity index (χ3v) is 3.93. The van der Waals surface area contributed by atoms with Gasteiger partial charge in [-0.1, -0.05) is 28.9 Å². The summed E-state index contributed by atoms with van der Waals surface area (Å²) < 4.78 is 0.431. The van der Waals surface area contributed by atoms with Crippen LogP contribution in [0.3, 0.4) is 0 Å². The number of carboxylic acid groups (broad SMARTS) is 1. The van der Waals surface area contributed by atoms with Crippen molar-refractivity contribution in [2.45, 2.75) is 32.2 Å². The monoisotopic (exact) mass is 358 g/mol. The Kier molecular flexibility index (Phi) is 5.42. The Balaban J connectivity index is 2.85. The van der Waals surface area contributed by atoms with Gasteiger partial charge in [0.25, 0.3) is 5.69 Å². The second-order valence-corrected chi connectivity index (χ2v) is 5.60. The summed E-state index contributed by atoms with van der Waals surface area (Å²) in [5.41, 5.74) is -0.874. The molecule has 2 N–H and O–H groups in total. The SMILES string of the molecule is CCC(C)(NC(=O)Cc1ccc([N+](=O)[O-])cc1Br)C(=O)O. The molecule has 0 saturated carbocycles. The number of benzene rings is 1. The molecule has 8 heteroatoms. The van der Waals surface area contributed by atoms with Crippen LogP contribution >= 0.6 is 15.9 Å². The molecule has 0 fully saturated rings. The van der Waals surface area contributed by atoms with Gasteiger partial charge in [0.1, 0.15) is 5.54 Å². The number of carbonyl (C=O) groups excluding carboxylic acids is 1. The molecule has 1 atom stereocenters. The lowest BCUT2D eigenvalue weighted by Gasteiger charge is -2.24. The number of amides is 1. The summed E-state index contributed by atoms with van der Waals surface area (Å²) in [6.45, 7) is 3.09. The normalized spacial score (nSPS) is 13.3. The van der Waals surface area contributed by atoms with Crippen molar-refractivity contribution in [3.63, 3.8) is 0 Å². The standard InChI is InChI=1S/C13H15BrN2O5/c1-3-13(2,12(18)19)15-11(17)6-8-4-5-9(16(20)21)7-10(8)14/h4-5,7H,3,6H2,1-2H3,(H,15,17)(H,18,19). The fraction of sp³-hybridized carbons (Fsp3) is 0.385. The van der Waals surface area contributed by atoms with E-state index in [4.69, 9.17) is 5.11 Å². The highest BCUT2D eigenvalue weighted by Crippen LogP contribution is 2.23. The van der Waals surface area contributed by atoms with Gasteiger partial charge in [-0.05, 0) is 18.9 Å². The Hall–Kier alpha value is -1.96. The van der Waals surface area contributed by atoms with Crippen molar-refractivity contribution in [3.8, 4) is 0 Å². The van der Waals surface area contributed by atoms with Gasteiger partial charge in [-0.25, -0.2) is 4.79 Å². The van der Waals surface area contributed by atoms with Crippen LogP contribution in [0.1, 0.15) is 25.8 Å². The van der Waals surface area contributed by atoms with Crippen LogP contribution in [-0.2, 0) is 16.0 Å². The molecule has 1 unspecified atom stereocenters. The average Bonchev–Trinajstić information content (AvgIpc) is 2.40. The quantitative estimate of drug-likeness (QED) is 0.598. The molecule has 0 heterocycles. The molecule has 1 rings (SSSR count). The van der Waals surface area contributed by atoms with Crippen molar-refractivity contribution >= 4 is 33.5 Å². The summed E-state index contributed by atoms with van der Waals surface area (Å²) in [6, 6.07) is 4.06. The van der Waals surface area contributed by atoms with E-state index in [1.54, 1.807) is 6.92 Å². The zero-order valence-electron chi connectivity index (χ0n) is 11.6. The molecule has 0 spiro atoms. The molecule has 0 aromatic heterocycles. The first-order chi connectivity index (χ1) is 9.69. The molecule has 0 radical (unpaired) electrons. The average molecular weight is 359 g/mol. The van der Waals surface area contributed by atoms with E-state index < -0.39 is 22.3 Å². The van der Waals surface area contributed by atoms with Gasteiger partial charge >= 0.3 is 5.97 Å². The fourth-order valence-corrected chi connectivity index (χ4v) is 2.12. The van der Waals surface area contributed by atoms with Crippen molar-refractivity contribution in [2.75, 3.05) is 0 Å². The number of aliphatic carboxylic acids is 1. The number of hydrogen-bond donors (Lipinski definition) is 2. The molecule has 0 aliphatic heterocycles. The van der Waals surface area contributed by atoms with Gasteiger partial charge in [-0.15, -0.1) is 0 Å². The lowest BCUT2D eigenvalue weighted by molar-refractivity contribution is -0.384. The van der Waals surface area contributed by atoms with E-state index in [0.717, 1.165) is 0 Å². The molecule has 0 saturated heterocycles. The molecule has 1 aromatic rings. The number of nitrogens with one attached hydrogen (secondary N) is 1. The van der Waals surface area contributed by atoms with Crippen LogP contribution < -0.4 is 5.32 Å². The summed E-state index contributed by atoms with van der Waals surface area (Å²) in [7, 11) is 0. The van der Waals surface area contributed by atoms with E-state index in [1.165, 1.54) is 25.1 Å². The summed E-state index contributed by atoms with van der Waals surface area (Å²) >= 11 is 3.17. The highest BCUT2D eigenvalue weighted by atomic mass is 79.9. The molecule has 7 nitrogen and oxygen atoms in total. The van der Waals surface area contributed by atoms with E-state index in [9.17, 15) is 19.7 Å². The van der Waals surface area contributed by atoms with Gasteiger partial charge < -0.3 is 10.4 Å². The third kappa shape index (κ3) is 4.25. The maximum absolute atomic E-state index is 11.9. The van der Waals surface area contributed by atoms with Crippen LogP contribution in [0.25, 0.3) is 0 Å². The minimum absolute atomic E-state index is 0.0680. The van der Waals surface area contributed by atoms with E-state index in [0.29, 0.717) is 10.0 Å². The molecule has 0 bridgehead atoms. The summed E-state index contributed by atoms with van der Waals surface area (Å²) in [4.78, 5) is 33.2. The predicted molar refractivity (Wildman–Crippen MR) is 79.0 cm³/mol. The lowest BCUT2D eigenvalue weighted by atomic mass is 9.98. The number of carboxylic acids is 1. The Labute approximate surface area is 129 Å². The first-order valence-electron chi connectivity index (χ1n) is 6.17. The minimum Gasteiger partial charge on any atom is -0.480 e. The van der Waals surface area contributed by atoms with Crippen LogP contribution in [0.15, 0.2) is 22.7 Å². The van der Waals surface area contributed by atoms with Crippen LogP contribution in [0.5, 0.6) is 0 Å². The van der Waals surface area contributed by atoms with Gasteiger partial charge in [0, 0.05) is 16.6 Å². The maximum Gasteiger partial charge on any atom is 0.329 e. The van der Waals surface area contributed by atoms with Crippen molar-refractivity contribution in [3.05, 3.63) is 38.3 Å². The highest BCUT2D eigenvalue weighted by Gasteiger charge is 2.32. The van der Waals surface area contributed by atoms with Crippen molar-refractivity contribution in [2.24, 2.45) is 0 Å². The smallest absolute Gasteiger partial charge is 0.329 e. The first-order valence-corrected chi connectivity index (χ1v) is 6.96. The Bertz CT molecular complexity index is 590. The molecule has 1 aromatic carbocycles. The van der Waals surface area contributed by atoms with Crippen LogP contribution in [0, 0.1) is 10.1 Å². The number of non-ortho nitro benzene ring substituents is 1. The van der Waals surface area contributed by atoms with Gasteiger partial charge in [-0.3, -0.25) is 14.9 Å². The predicted octanol–water partition coefficient (Wildman–Crippen LogP) is 2.27. The number of rotatable bonds is 6. The summed E-state index contributed by atoms with van der Waals surface area (Å²) in [5, 5.41) is 22.2. The number of carbonyl (C=O) groups is 2. The zero-order chi connectivity index (χ0) is 16.2. The molecule has 0 aliphatic rings. The van der Waals surface area contributed by atoms with Gasteiger partial charge in [0.05, 0.1) is 11.3 Å². The second-order valence-electron chi connectivity index (χ2n) is 4.75. The molecular weight excluding hydrogens is 344 g/mol. The zero-order valence-corrected chi connectivity index (χ0v) is 13.1. The molecule has 0 aliphatic carbocycles. The molecule has 114 valence electrons. The Morgan fingerprint density at radius 2 is 2.10 bits per heavy atom. The number of hydrogen-bond acceptors (Lipinski definition) is 4. The lowest BCUT2D eigenvalue weighted by Crippen LogP contribution is -2.52. The minimum atomic E-state index is -1.33. The van der Waals surface area contributed by atoms with Gasteiger partial charge in [-0.2, -0.15) is 0 Å².